The molecule has 0 saturated heterocycles. The van der Waals surface area contributed by atoms with Gasteiger partial charge in [0.2, 0.25) is 0 Å². The van der Waals surface area contributed by atoms with Gasteiger partial charge in [0.15, 0.2) is 0 Å². The van der Waals surface area contributed by atoms with E-state index in [1.54, 1.807) is 0 Å². The largest absolute Gasteiger partial charge is 0.456 e. The smallest absolute Gasteiger partial charge is 0.137 e. The Morgan fingerprint density at radius 1 is 0.370 bits per heavy atom. The zero-order valence-corrected chi connectivity index (χ0v) is 25.7. The Kier molecular flexibility index (Phi) is 6.32. The number of furan rings is 1. The molecule has 0 N–H and O–H groups in total. The van der Waals surface area contributed by atoms with Crippen molar-refractivity contribution in [1.82, 2.24) is 0 Å². The average Bonchev–Trinajstić information content (AvgIpc) is 3.68. The number of hydrogen-bond acceptors (Lipinski definition) is 4. The van der Waals surface area contributed by atoms with Crippen LogP contribution < -0.4 is 9.80 Å². The molecule has 0 fully saturated rings. The van der Waals surface area contributed by atoms with Crippen LogP contribution in [0.25, 0.3) is 42.1 Å². The van der Waals surface area contributed by atoms with Crippen LogP contribution in [0.2, 0.25) is 0 Å². The van der Waals surface area contributed by atoms with Crippen LogP contribution in [0, 0.1) is 0 Å². The fourth-order valence-electron chi connectivity index (χ4n) is 6.58. The maximum atomic E-state index is 6.35. The molecule has 0 aliphatic heterocycles. The van der Waals surface area contributed by atoms with Gasteiger partial charge in [-0.15, -0.1) is 11.3 Å². The van der Waals surface area contributed by atoms with Gasteiger partial charge in [-0.3, -0.25) is 0 Å². The number of benzene rings is 7. The molecule has 3 nitrogen and oxygen atoms in total. The minimum Gasteiger partial charge on any atom is -0.456 e. The summed E-state index contributed by atoms with van der Waals surface area (Å²) in [6.07, 6.45) is 0. The van der Waals surface area contributed by atoms with Gasteiger partial charge in [0.25, 0.3) is 0 Å². The zero-order valence-electron chi connectivity index (χ0n) is 24.9. The molecule has 9 aromatic rings. The lowest BCUT2D eigenvalue weighted by atomic mass is 10.1. The lowest BCUT2D eigenvalue weighted by Gasteiger charge is -2.27. The van der Waals surface area contributed by atoms with E-state index in [4.69, 9.17) is 4.42 Å². The quantitative estimate of drug-likeness (QED) is 0.187. The minimum absolute atomic E-state index is 0.880. The Hall–Kier alpha value is -5.84. The Morgan fingerprint density at radius 2 is 0.957 bits per heavy atom. The number of fused-ring (bicyclic) bond motifs is 6. The SMILES string of the molecule is c1ccc(N(c2ccccc2)c2ccc3sc4cccc(N(c5ccccc5)c5ccc6c(c5)oc5ccccc56)c4c3c2)cc1. The van der Waals surface area contributed by atoms with Crippen molar-refractivity contribution in [3.05, 3.63) is 170 Å². The molecule has 4 heteroatoms. The summed E-state index contributed by atoms with van der Waals surface area (Å²) in [4.78, 5) is 4.69. The van der Waals surface area contributed by atoms with Crippen molar-refractivity contribution in [3.8, 4) is 0 Å². The molecule has 0 bridgehead atoms. The van der Waals surface area contributed by atoms with Crippen molar-refractivity contribution in [2.75, 3.05) is 9.80 Å². The van der Waals surface area contributed by atoms with E-state index in [1.165, 1.54) is 20.2 Å². The van der Waals surface area contributed by atoms with Crippen molar-refractivity contribution >= 4 is 87.6 Å². The zero-order chi connectivity index (χ0) is 30.5. The second kappa shape index (κ2) is 11.0. The van der Waals surface area contributed by atoms with Crippen LogP contribution >= 0.6 is 11.3 Å². The molecular weight excluding hydrogens is 581 g/mol. The molecule has 0 radical (unpaired) electrons. The van der Waals surface area contributed by atoms with Crippen molar-refractivity contribution < 1.29 is 4.42 Å². The molecule has 2 aromatic heterocycles. The van der Waals surface area contributed by atoms with Crippen molar-refractivity contribution in [2.24, 2.45) is 0 Å². The lowest BCUT2D eigenvalue weighted by Crippen LogP contribution is -2.10. The van der Waals surface area contributed by atoms with Gasteiger partial charge in [-0.1, -0.05) is 78.9 Å². The van der Waals surface area contributed by atoms with Crippen LogP contribution in [0.3, 0.4) is 0 Å². The van der Waals surface area contributed by atoms with E-state index in [2.05, 4.69) is 168 Å². The van der Waals surface area contributed by atoms with Gasteiger partial charge in [0.1, 0.15) is 11.2 Å². The van der Waals surface area contributed by atoms with Crippen LogP contribution in [0.4, 0.5) is 34.1 Å². The summed E-state index contributed by atoms with van der Waals surface area (Å²) in [6, 6.07) is 60.1. The second-order valence-electron chi connectivity index (χ2n) is 11.4. The Labute approximate surface area is 270 Å². The molecule has 0 aliphatic rings. The first kappa shape index (κ1) is 26.6. The Balaban J connectivity index is 1.28. The van der Waals surface area contributed by atoms with E-state index in [-0.39, 0.29) is 0 Å². The molecular formula is C42H28N2OS. The van der Waals surface area contributed by atoms with E-state index in [9.17, 15) is 0 Å². The average molecular weight is 609 g/mol. The van der Waals surface area contributed by atoms with Crippen molar-refractivity contribution in [2.45, 2.75) is 0 Å². The molecule has 46 heavy (non-hydrogen) atoms. The highest BCUT2D eigenvalue weighted by molar-refractivity contribution is 7.26. The highest BCUT2D eigenvalue weighted by Gasteiger charge is 2.21. The van der Waals surface area contributed by atoms with Crippen LogP contribution in [-0.4, -0.2) is 0 Å². The summed E-state index contributed by atoms with van der Waals surface area (Å²) in [5.41, 5.74) is 8.43. The highest BCUT2D eigenvalue weighted by atomic mass is 32.1. The van der Waals surface area contributed by atoms with Crippen LogP contribution in [0.1, 0.15) is 0 Å². The minimum atomic E-state index is 0.880. The van der Waals surface area contributed by atoms with Gasteiger partial charge in [-0.2, -0.15) is 0 Å². The summed E-state index contributed by atoms with van der Waals surface area (Å²) in [7, 11) is 0. The van der Waals surface area contributed by atoms with Crippen LogP contribution in [-0.2, 0) is 0 Å². The third-order valence-electron chi connectivity index (χ3n) is 8.62. The topological polar surface area (TPSA) is 19.6 Å². The van der Waals surface area contributed by atoms with E-state index < -0.39 is 0 Å². The number of thiophene rings is 1. The van der Waals surface area contributed by atoms with Gasteiger partial charge in [0, 0.05) is 65.4 Å². The number of rotatable bonds is 6. The summed E-state index contributed by atoms with van der Waals surface area (Å²) in [5.74, 6) is 0. The maximum absolute atomic E-state index is 6.35. The molecule has 9 rings (SSSR count). The number of hydrogen-bond donors (Lipinski definition) is 0. The molecule has 218 valence electrons. The molecule has 0 spiro atoms. The van der Waals surface area contributed by atoms with Gasteiger partial charge in [-0.25, -0.2) is 0 Å². The Bertz CT molecular complexity index is 2440. The molecule has 0 aliphatic carbocycles. The standard InChI is InChI=1S/C42H28N2OS/c1-4-13-29(14-5-1)43(30-15-6-2-7-16-30)32-24-26-40-36(27-32)42-37(20-12-22-41(42)46-40)44(31-17-8-3-9-18-31)33-23-25-35-34-19-10-11-21-38(34)45-39(35)28-33/h1-28H. The first-order valence-electron chi connectivity index (χ1n) is 15.4. The summed E-state index contributed by atoms with van der Waals surface area (Å²) in [5, 5.41) is 4.72. The Morgan fingerprint density at radius 3 is 1.67 bits per heavy atom. The lowest BCUT2D eigenvalue weighted by molar-refractivity contribution is 0.669. The molecule has 7 aromatic carbocycles. The molecule has 0 atom stereocenters. The maximum Gasteiger partial charge on any atom is 0.137 e. The van der Waals surface area contributed by atoms with Crippen molar-refractivity contribution in [3.63, 3.8) is 0 Å². The summed E-state index contributed by atoms with van der Waals surface area (Å²) < 4.78 is 8.86. The highest BCUT2D eigenvalue weighted by Crippen LogP contribution is 2.47. The van der Waals surface area contributed by atoms with Gasteiger partial charge in [-0.05, 0) is 84.9 Å². The predicted octanol–water partition coefficient (Wildman–Crippen LogP) is 12.9. The third-order valence-corrected chi connectivity index (χ3v) is 9.76. The second-order valence-corrected chi connectivity index (χ2v) is 12.5. The third kappa shape index (κ3) is 4.42. The monoisotopic (exact) mass is 608 g/mol. The van der Waals surface area contributed by atoms with Crippen LogP contribution in [0.15, 0.2) is 174 Å². The summed E-state index contributed by atoms with van der Waals surface area (Å²) in [6.45, 7) is 0. The molecule has 2 heterocycles. The van der Waals surface area contributed by atoms with Gasteiger partial charge in [0.05, 0.1) is 5.69 Å². The first-order valence-corrected chi connectivity index (χ1v) is 16.3. The number of anilines is 6. The van der Waals surface area contributed by atoms with E-state index in [1.807, 2.05) is 23.5 Å². The first-order chi connectivity index (χ1) is 22.8. The fourth-order valence-corrected chi connectivity index (χ4v) is 7.69. The van der Waals surface area contributed by atoms with Gasteiger partial charge < -0.3 is 14.2 Å². The normalized spacial score (nSPS) is 11.5. The fraction of sp³-hybridized carbons (Fsp3) is 0. The van der Waals surface area contributed by atoms with E-state index in [0.29, 0.717) is 0 Å². The molecule has 0 unspecified atom stereocenters. The molecule has 0 saturated carbocycles. The van der Waals surface area contributed by atoms with Crippen LogP contribution in [0.5, 0.6) is 0 Å². The van der Waals surface area contributed by atoms with E-state index in [0.717, 1.165) is 56.1 Å². The predicted molar refractivity (Wildman–Crippen MR) is 196 cm³/mol. The number of para-hydroxylation sites is 4. The summed E-state index contributed by atoms with van der Waals surface area (Å²) >= 11 is 1.84. The van der Waals surface area contributed by atoms with E-state index >= 15 is 0 Å². The van der Waals surface area contributed by atoms with Crippen molar-refractivity contribution in [1.29, 1.82) is 0 Å². The van der Waals surface area contributed by atoms with Gasteiger partial charge >= 0.3 is 0 Å². The molecule has 0 amide bonds. The number of nitrogens with zero attached hydrogens (tertiary/aromatic N) is 2.